The van der Waals surface area contributed by atoms with Crippen LogP contribution in [0, 0.1) is 0 Å². The van der Waals surface area contributed by atoms with Crippen LogP contribution in [0.4, 0.5) is 0 Å². The van der Waals surface area contributed by atoms with E-state index >= 15 is 0 Å². The van der Waals surface area contributed by atoms with Crippen molar-refractivity contribution in [1.82, 2.24) is 3.94 Å². The predicted octanol–water partition coefficient (Wildman–Crippen LogP) is 1.57. The Kier molecular flexibility index (Phi) is 4.99. The molecule has 0 bridgehead atoms. The Bertz CT molecular complexity index is 391. The maximum absolute atomic E-state index is 11.8. The smallest absolute Gasteiger partial charge is 0.324 e. The van der Waals surface area contributed by atoms with Crippen molar-refractivity contribution in [2.45, 2.75) is 25.3 Å². The number of carbonyl (C=O) groups excluding carboxylic acids is 1. The van der Waals surface area contributed by atoms with Gasteiger partial charge in [0.1, 0.15) is 6.04 Å². The number of nitrogens with zero attached hydrogens (tertiary/aromatic N) is 1. The fourth-order valence-corrected chi connectivity index (χ4v) is 1.78. The molecule has 7 heteroatoms. The van der Waals surface area contributed by atoms with E-state index in [2.05, 4.69) is 0 Å². The van der Waals surface area contributed by atoms with Crippen LogP contribution in [-0.2, 0) is 9.59 Å². The molecule has 0 saturated heterocycles. The molecule has 17 heavy (non-hydrogen) atoms. The molecule has 5 nitrogen and oxygen atoms in total. The number of nitrogens with two attached hydrogens (primary N) is 1. The number of carboxylic acids is 1. The minimum Gasteiger partial charge on any atom is -0.480 e. The molecule has 94 valence electrons. The third kappa shape index (κ3) is 3.73. The molecule has 0 fully saturated rings. The van der Waals surface area contributed by atoms with Gasteiger partial charge in [-0.3, -0.25) is 9.59 Å². The van der Waals surface area contributed by atoms with Crippen LogP contribution in [0.25, 0.3) is 0 Å². The fraction of sp³-hybridized carbons (Fsp3) is 0.400. The molecule has 0 spiro atoms. The van der Waals surface area contributed by atoms with Crippen LogP contribution >= 0.6 is 23.6 Å². The van der Waals surface area contributed by atoms with Crippen molar-refractivity contribution in [2.24, 2.45) is 5.73 Å². The van der Waals surface area contributed by atoms with E-state index < -0.39 is 12.0 Å². The number of aliphatic carboxylic acids is 1. The molecule has 1 aliphatic rings. The van der Waals surface area contributed by atoms with Crippen molar-refractivity contribution in [3.63, 3.8) is 0 Å². The number of carbonyl (C=O) groups is 2. The lowest BCUT2D eigenvalue weighted by Crippen LogP contribution is -2.32. The van der Waals surface area contributed by atoms with Crippen LogP contribution in [0.2, 0.25) is 0 Å². The summed E-state index contributed by atoms with van der Waals surface area (Å²) in [6.45, 7) is 0. The zero-order chi connectivity index (χ0) is 13.0. The number of hydrogen-bond acceptors (Lipinski definition) is 4. The molecule has 0 aromatic heterocycles. The number of hydrogen-bond donors (Lipinski definition) is 2. The van der Waals surface area contributed by atoms with E-state index in [0.717, 1.165) is 6.42 Å². The molecule has 0 radical (unpaired) electrons. The van der Waals surface area contributed by atoms with Crippen LogP contribution in [0.1, 0.15) is 19.3 Å². The average molecular weight is 279 g/mol. The minimum atomic E-state index is -1.28. The molecule has 0 unspecified atom stereocenters. The second-order valence-corrected chi connectivity index (χ2v) is 4.52. The summed E-state index contributed by atoms with van der Waals surface area (Å²) in [6.07, 6.45) is 4.48. The van der Waals surface area contributed by atoms with Gasteiger partial charge in [-0.15, -0.1) is 3.94 Å². The Balaban J connectivity index is 2.78. The van der Waals surface area contributed by atoms with Gasteiger partial charge in [-0.05, 0) is 36.4 Å². The van der Waals surface area contributed by atoms with Gasteiger partial charge in [0, 0.05) is 17.7 Å². The molecule has 0 amide bonds. The van der Waals surface area contributed by atoms with E-state index in [4.69, 9.17) is 34.4 Å². The average Bonchev–Trinajstić information content (AvgIpc) is 2.25. The van der Waals surface area contributed by atoms with E-state index in [0.29, 0.717) is 21.6 Å². The quantitative estimate of drug-likeness (QED) is 0.746. The van der Waals surface area contributed by atoms with Gasteiger partial charge in [0.15, 0.2) is 5.78 Å². The highest BCUT2D eigenvalue weighted by molar-refractivity contribution is 6.35. The Morgan fingerprint density at radius 2 is 2.18 bits per heavy atom. The first kappa shape index (κ1) is 14.0. The summed E-state index contributed by atoms with van der Waals surface area (Å²) in [5.74, 6) is -1.64. The number of ketones is 1. The summed E-state index contributed by atoms with van der Waals surface area (Å²) < 4.78 is 0.462. The summed E-state index contributed by atoms with van der Waals surface area (Å²) >= 11 is 10.7. The zero-order valence-corrected chi connectivity index (χ0v) is 10.4. The van der Waals surface area contributed by atoms with Crippen molar-refractivity contribution < 1.29 is 14.7 Å². The second-order valence-electron chi connectivity index (χ2n) is 3.62. The van der Waals surface area contributed by atoms with Gasteiger partial charge in [-0.2, -0.15) is 0 Å². The highest BCUT2D eigenvalue weighted by Gasteiger charge is 2.28. The van der Waals surface area contributed by atoms with E-state index in [1.54, 1.807) is 6.08 Å². The first-order valence-electron chi connectivity index (χ1n) is 4.95. The van der Waals surface area contributed by atoms with Gasteiger partial charge in [0.2, 0.25) is 0 Å². The molecule has 0 aromatic carbocycles. The van der Waals surface area contributed by atoms with Gasteiger partial charge in [-0.1, -0.05) is 12.2 Å². The van der Waals surface area contributed by atoms with Crippen LogP contribution in [0.15, 0.2) is 23.4 Å². The van der Waals surface area contributed by atoms with Crippen molar-refractivity contribution in [3.05, 3.63) is 23.4 Å². The lowest BCUT2D eigenvalue weighted by molar-refractivity contribution is -0.141. The summed E-state index contributed by atoms with van der Waals surface area (Å²) in [4.78, 5) is 22.6. The SMILES string of the molecule is NC1=C(C(=O)C[C@@H](C(=O)O)N(Cl)Cl)C=CCC1. The normalized spacial score (nSPS) is 17.4. The van der Waals surface area contributed by atoms with Crippen LogP contribution < -0.4 is 5.73 Å². The fourth-order valence-electron chi connectivity index (χ4n) is 1.48. The highest BCUT2D eigenvalue weighted by Crippen LogP contribution is 2.20. The molecular formula is C10H12Cl2N2O3. The maximum atomic E-state index is 11.8. The van der Waals surface area contributed by atoms with Crippen LogP contribution in [-0.4, -0.2) is 26.8 Å². The molecule has 0 saturated carbocycles. The molecule has 1 aliphatic carbocycles. The first-order valence-corrected chi connectivity index (χ1v) is 5.63. The van der Waals surface area contributed by atoms with Crippen molar-refractivity contribution >= 4 is 35.3 Å². The Morgan fingerprint density at radius 1 is 1.53 bits per heavy atom. The monoisotopic (exact) mass is 278 g/mol. The summed E-state index contributed by atoms with van der Waals surface area (Å²) in [5, 5.41) is 8.83. The van der Waals surface area contributed by atoms with Crippen LogP contribution in [0.5, 0.6) is 0 Å². The first-order chi connectivity index (χ1) is 7.93. The lowest BCUT2D eigenvalue weighted by atomic mass is 9.96. The minimum absolute atomic E-state index is 0.317. The lowest BCUT2D eigenvalue weighted by Gasteiger charge is -2.16. The molecule has 0 aliphatic heterocycles. The van der Waals surface area contributed by atoms with E-state index in [9.17, 15) is 9.59 Å². The van der Waals surface area contributed by atoms with Gasteiger partial charge in [-0.25, -0.2) is 0 Å². The Morgan fingerprint density at radius 3 is 2.65 bits per heavy atom. The molecule has 0 aromatic rings. The number of halogens is 2. The molecule has 1 atom stereocenters. The largest absolute Gasteiger partial charge is 0.480 e. The third-order valence-corrected chi connectivity index (χ3v) is 2.88. The van der Waals surface area contributed by atoms with Gasteiger partial charge in [0.25, 0.3) is 0 Å². The van der Waals surface area contributed by atoms with E-state index in [1.165, 1.54) is 0 Å². The van der Waals surface area contributed by atoms with Crippen LogP contribution in [0.3, 0.4) is 0 Å². The number of allylic oxidation sites excluding steroid dienone is 4. The predicted molar refractivity (Wildman–Crippen MR) is 64.2 cm³/mol. The summed E-state index contributed by atoms with van der Waals surface area (Å²) in [5.41, 5.74) is 6.50. The van der Waals surface area contributed by atoms with E-state index in [-0.39, 0.29) is 12.2 Å². The number of carboxylic acid groups (broad SMARTS) is 1. The molecule has 1 rings (SSSR count). The summed E-state index contributed by atoms with van der Waals surface area (Å²) in [6, 6.07) is -1.28. The topological polar surface area (TPSA) is 83.6 Å². The Labute approximate surface area is 109 Å². The van der Waals surface area contributed by atoms with Gasteiger partial charge in [0.05, 0.1) is 0 Å². The highest BCUT2D eigenvalue weighted by atomic mass is 35.5. The second kappa shape index (κ2) is 6.05. The maximum Gasteiger partial charge on any atom is 0.324 e. The van der Waals surface area contributed by atoms with Gasteiger partial charge < -0.3 is 10.8 Å². The molecule has 3 N–H and O–H groups in total. The zero-order valence-electron chi connectivity index (χ0n) is 8.90. The molecule has 0 heterocycles. The van der Waals surface area contributed by atoms with E-state index in [1.807, 2.05) is 6.08 Å². The van der Waals surface area contributed by atoms with Gasteiger partial charge >= 0.3 is 5.97 Å². The molecular weight excluding hydrogens is 267 g/mol. The summed E-state index contributed by atoms with van der Waals surface area (Å²) in [7, 11) is 0. The Hall–Kier alpha value is -1.04. The number of Topliss-reactive ketones (excluding diaryl/α,β-unsaturated/α-hetero) is 1. The number of rotatable bonds is 5. The van der Waals surface area contributed by atoms with Crippen molar-refractivity contribution in [1.29, 1.82) is 0 Å². The third-order valence-electron chi connectivity index (χ3n) is 2.41. The van der Waals surface area contributed by atoms with Crippen molar-refractivity contribution in [3.8, 4) is 0 Å². The standard InChI is InChI=1S/C10H12Cl2N2O3/c11-14(12)8(10(16)17)5-9(15)6-3-1-2-4-7(6)13/h1,3,8H,2,4-5,13H2,(H,16,17)/t8-/m0/s1. The van der Waals surface area contributed by atoms with Crippen molar-refractivity contribution in [2.75, 3.05) is 0 Å².